The van der Waals surface area contributed by atoms with E-state index in [2.05, 4.69) is 93.6 Å². The van der Waals surface area contributed by atoms with E-state index in [1.807, 2.05) is 0 Å². The van der Waals surface area contributed by atoms with E-state index < -0.39 is 0 Å². The standard InChI is InChI=1S/C36H46O/c1-25(17-19-29(26-11-6-4-7-12-26)27-13-8-5-9-14-27)31-21-22-32-30-20-18-28-15-10-16-34(37)36(28,3)33(30)23-24-35(31,32)2/h4-9,11-14,18-19,25,30-34,37H,10,15-17,20-24H2,1-3H3/t25-,30+,31-,32+,33+,34-,35+,36-/m0/s1. The zero-order chi connectivity index (χ0) is 25.6. The zero-order valence-corrected chi connectivity index (χ0v) is 23.2. The molecule has 0 radical (unpaired) electrons. The minimum atomic E-state index is -0.139. The molecule has 8 atom stereocenters. The summed E-state index contributed by atoms with van der Waals surface area (Å²) in [6.45, 7) is 7.61. The van der Waals surface area contributed by atoms with Crippen LogP contribution in [-0.2, 0) is 0 Å². The molecule has 0 saturated heterocycles. The van der Waals surface area contributed by atoms with E-state index in [0.29, 0.717) is 17.3 Å². The molecule has 1 heteroatoms. The third kappa shape index (κ3) is 4.17. The van der Waals surface area contributed by atoms with Crippen molar-refractivity contribution in [2.24, 2.45) is 40.4 Å². The summed E-state index contributed by atoms with van der Waals surface area (Å²) in [7, 11) is 0. The highest BCUT2D eigenvalue weighted by Gasteiger charge is 2.60. The monoisotopic (exact) mass is 494 g/mol. The lowest BCUT2D eigenvalue weighted by atomic mass is 9.46. The number of allylic oxidation sites excluding steroid dienone is 2. The average Bonchev–Trinajstić information content (AvgIpc) is 3.28. The molecule has 0 spiro atoms. The van der Waals surface area contributed by atoms with Gasteiger partial charge in [-0.15, -0.1) is 0 Å². The first-order chi connectivity index (χ1) is 17.9. The summed E-state index contributed by atoms with van der Waals surface area (Å²) in [5.41, 5.74) is 6.09. The van der Waals surface area contributed by atoms with Crippen molar-refractivity contribution in [3.8, 4) is 0 Å². The van der Waals surface area contributed by atoms with E-state index in [1.165, 1.54) is 61.6 Å². The molecule has 0 aromatic heterocycles. The molecule has 2 aromatic carbocycles. The molecule has 3 saturated carbocycles. The number of rotatable bonds is 5. The minimum Gasteiger partial charge on any atom is -0.392 e. The van der Waals surface area contributed by atoms with Crippen molar-refractivity contribution < 1.29 is 5.11 Å². The molecule has 0 heterocycles. The van der Waals surface area contributed by atoms with E-state index in [0.717, 1.165) is 30.6 Å². The Balaban J connectivity index is 1.24. The molecule has 4 aliphatic rings. The first-order valence-electron chi connectivity index (χ1n) is 15.1. The highest BCUT2D eigenvalue weighted by atomic mass is 16.3. The van der Waals surface area contributed by atoms with E-state index in [1.54, 1.807) is 5.57 Å². The first-order valence-corrected chi connectivity index (χ1v) is 15.1. The Labute approximate surface area is 225 Å². The quantitative estimate of drug-likeness (QED) is 0.411. The molecule has 1 nitrogen and oxygen atoms in total. The molecule has 3 fully saturated rings. The van der Waals surface area contributed by atoms with Crippen molar-refractivity contribution in [1.29, 1.82) is 0 Å². The molecular formula is C36H46O. The number of fused-ring (bicyclic) bond motifs is 5. The van der Waals surface area contributed by atoms with Gasteiger partial charge in [-0.2, -0.15) is 0 Å². The smallest absolute Gasteiger partial charge is 0.0633 e. The summed E-state index contributed by atoms with van der Waals surface area (Å²) in [5, 5.41) is 11.2. The van der Waals surface area contributed by atoms with Gasteiger partial charge in [0.05, 0.1) is 6.10 Å². The molecule has 4 aliphatic carbocycles. The average molecular weight is 495 g/mol. The lowest BCUT2D eigenvalue weighted by Crippen LogP contribution is -2.54. The van der Waals surface area contributed by atoms with Gasteiger partial charge in [0.2, 0.25) is 0 Å². The number of aliphatic hydroxyl groups excluding tert-OH is 1. The highest BCUT2D eigenvalue weighted by molar-refractivity contribution is 5.79. The number of benzene rings is 2. The maximum Gasteiger partial charge on any atom is 0.0633 e. The fraction of sp³-hybridized carbons (Fsp3) is 0.556. The van der Waals surface area contributed by atoms with Gasteiger partial charge in [0, 0.05) is 5.41 Å². The van der Waals surface area contributed by atoms with Crippen LogP contribution in [0.2, 0.25) is 0 Å². The van der Waals surface area contributed by atoms with Gasteiger partial charge in [0.25, 0.3) is 0 Å². The second kappa shape index (κ2) is 9.88. The largest absolute Gasteiger partial charge is 0.392 e. The van der Waals surface area contributed by atoms with Gasteiger partial charge in [0.1, 0.15) is 0 Å². The van der Waals surface area contributed by atoms with Crippen molar-refractivity contribution in [3.05, 3.63) is 89.5 Å². The minimum absolute atomic E-state index is 0.0369. The summed E-state index contributed by atoms with van der Waals surface area (Å²) in [6, 6.07) is 21.9. The Hall–Kier alpha value is -2.12. The Morgan fingerprint density at radius 2 is 1.59 bits per heavy atom. The van der Waals surface area contributed by atoms with Crippen molar-refractivity contribution in [2.45, 2.75) is 84.7 Å². The van der Waals surface area contributed by atoms with Gasteiger partial charge in [0.15, 0.2) is 0 Å². The Morgan fingerprint density at radius 3 is 2.27 bits per heavy atom. The Bertz CT molecular complexity index is 1100. The normalized spacial score (nSPS) is 37.5. The number of aliphatic hydroxyl groups is 1. The highest BCUT2D eigenvalue weighted by Crippen LogP contribution is 2.67. The molecule has 0 bridgehead atoms. The van der Waals surface area contributed by atoms with Crippen LogP contribution in [0.15, 0.2) is 78.4 Å². The third-order valence-corrected chi connectivity index (χ3v) is 11.8. The summed E-state index contributed by atoms with van der Waals surface area (Å²) in [4.78, 5) is 0. The molecular weight excluding hydrogens is 448 g/mol. The summed E-state index contributed by atoms with van der Waals surface area (Å²) < 4.78 is 0. The summed E-state index contributed by atoms with van der Waals surface area (Å²) >= 11 is 0. The zero-order valence-electron chi connectivity index (χ0n) is 23.2. The Kier molecular flexibility index (Phi) is 6.72. The van der Waals surface area contributed by atoms with Crippen LogP contribution in [0.5, 0.6) is 0 Å². The lowest BCUT2D eigenvalue weighted by molar-refractivity contribution is -0.0926. The van der Waals surface area contributed by atoms with Crippen LogP contribution < -0.4 is 0 Å². The first kappa shape index (κ1) is 25.2. The summed E-state index contributed by atoms with van der Waals surface area (Å²) in [6.07, 6.45) is 16.2. The molecule has 196 valence electrons. The molecule has 1 N–H and O–H groups in total. The van der Waals surface area contributed by atoms with E-state index in [4.69, 9.17) is 0 Å². The molecule has 2 aromatic rings. The second-order valence-corrected chi connectivity index (χ2v) is 13.3. The molecule has 37 heavy (non-hydrogen) atoms. The van der Waals surface area contributed by atoms with E-state index in [-0.39, 0.29) is 11.5 Å². The van der Waals surface area contributed by atoms with Crippen LogP contribution >= 0.6 is 0 Å². The van der Waals surface area contributed by atoms with Crippen molar-refractivity contribution in [2.75, 3.05) is 0 Å². The lowest BCUT2D eigenvalue weighted by Gasteiger charge is -2.59. The third-order valence-electron chi connectivity index (χ3n) is 11.8. The molecule has 6 rings (SSSR count). The predicted molar refractivity (Wildman–Crippen MR) is 155 cm³/mol. The molecule has 0 unspecified atom stereocenters. The fourth-order valence-corrected chi connectivity index (χ4v) is 9.80. The van der Waals surface area contributed by atoms with Gasteiger partial charge in [-0.1, -0.05) is 99.2 Å². The van der Waals surface area contributed by atoms with Gasteiger partial charge in [-0.05, 0) is 109 Å². The topological polar surface area (TPSA) is 20.2 Å². The van der Waals surface area contributed by atoms with Crippen LogP contribution in [0, 0.1) is 40.4 Å². The number of hydrogen-bond donors (Lipinski definition) is 1. The van der Waals surface area contributed by atoms with Gasteiger partial charge < -0.3 is 5.11 Å². The predicted octanol–water partition coefficient (Wildman–Crippen LogP) is 9.08. The SMILES string of the molecule is C[C@@H](CC=C(c1ccccc1)c1ccccc1)[C@@H]1CC[C@@H]2[C@H]3CC=C4CCC[C@H](O)[C@]4(C)[C@@H]3CC[C@@]21C. The Morgan fingerprint density at radius 1 is 0.919 bits per heavy atom. The fourth-order valence-electron chi connectivity index (χ4n) is 9.80. The van der Waals surface area contributed by atoms with E-state index in [9.17, 15) is 5.11 Å². The van der Waals surface area contributed by atoms with Crippen molar-refractivity contribution in [1.82, 2.24) is 0 Å². The van der Waals surface area contributed by atoms with Crippen LogP contribution in [0.25, 0.3) is 5.57 Å². The van der Waals surface area contributed by atoms with Crippen LogP contribution in [0.1, 0.15) is 89.7 Å². The maximum atomic E-state index is 11.2. The molecule has 0 aliphatic heterocycles. The number of hydrogen-bond acceptors (Lipinski definition) is 1. The van der Waals surface area contributed by atoms with E-state index >= 15 is 0 Å². The van der Waals surface area contributed by atoms with Crippen molar-refractivity contribution >= 4 is 5.57 Å². The van der Waals surface area contributed by atoms with Gasteiger partial charge in [-0.3, -0.25) is 0 Å². The molecule has 0 amide bonds. The summed E-state index contributed by atoms with van der Waals surface area (Å²) in [5.74, 6) is 3.72. The van der Waals surface area contributed by atoms with Gasteiger partial charge >= 0.3 is 0 Å². The van der Waals surface area contributed by atoms with Gasteiger partial charge in [-0.25, -0.2) is 0 Å². The second-order valence-electron chi connectivity index (χ2n) is 13.3. The maximum absolute atomic E-state index is 11.2. The van der Waals surface area contributed by atoms with Crippen LogP contribution in [0.3, 0.4) is 0 Å². The van der Waals surface area contributed by atoms with Crippen LogP contribution in [0.4, 0.5) is 0 Å². The van der Waals surface area contributed by atoms with Crippen molar-refractivity contribution in [3.63, 3.8) is 0 Å². The van der Waals surface area contributed by atoms with Crippen LogP contribution in [-0.4, -0.2) is 11.2 Å².